The van der Waals surface area contributed by atoms with E-state index in [-0.39, 0.29) is 5.43 Å². The van der Waals surface area contributed by atoms with Crippen LogP contribution in [0.25, 0.3) is 16.5 Å². The molecule has 4 heteroatoms. The number of rotatable bonds is 1. The molecule has 0 unspecified atom stereocenters. The van der Waals surface area contributed by atoms with E-state index in [4.69, 9.17) is 4.42 Å². The van der Waals surface area contributed by atoms with E-state index in [1.165, 1.54) is 6.07 Å². The Morgan fingerprint density at radius 1 is 1.14 bits per heavy atom. The number of hydrogen-bond donors (Lipinski definition) is 0. The van der Waals surface area contributed by atoms with E-state index in [9.17, 15) is 10.0 Å². The molecule has 1 aromatic carbocycles. The van der Waals surface area contributed by atoms with Crippen LogP contribution in [-0.4, -0.2) is 16.1 Å². The average molecular weight is 298 g/mol. The van der Waals surface area contributed by atoms with Gasteiger partial charge in [-0.05, 0) is 51.8 Å². The van der Waals surface area contributed by atoms with Gasteiger partial charge in [0.1, 0.15) is 11.3 Å². The minimum atomic E-state index is -0.638. The Bertz CT molecular complexity index is 814. The van der Waals surface area contributed by atoms with E-state index in [1.54, 1.807) is 12.1 Å². The predicted octanol–water partition coefficient (Wildman–Crippen LogP) is 3.78. The van der Waals surface area contributed by atoms with Gasteiger partial charge in [0.25, 0.3) is 0 Å². The van der Waals surface area contributed by atoms with Crippen LogP contribution in [0.15, 0.2) is 45.6 Å². The average Bonchev–Trinajstić information content (AvgIpc) is 2.44. The zero-order valence-electron chi connectivity index (χ0n) is 13.3. The highest BCUT2D eigenvalue weighted by Crippen LogP contribution is 2.39. The predicted molar refractivity (Wildman–Crippen MR) is 85.8 cm³/mol. The molecule has 3 rings (SSSR count). The second kappa shape index (κ2) is 4.80. The van der Waals surface area contributed by atoms with Gasteiger partial charge in [-0.3, -0.25) is 4.79 Å². The van der Waals surface area contributed by atoms with E-state index < -0.39 is 11.1 Å². The first-order valence-electron chi connectivity index (χ1n) is 7.43. The Morgan fingerprint density at radius 3 is 2.50 bits per heavy atom. The fourth-order valence-corrected chi connectivity index (χ4v) is 3.27. The summed E-state index contributed by atoms with van der Waals surface area (Å²) in [6.45, 7) is 7.57. The van der Waals surface area contributed by atoms with Gasteiger partial charge >= 0.3 is 0 Å². The summed E-state index contributed by atoms with van der Waals surface area (Å²) in [4.78, 5) is 12.3. The Morgan fingerprint density at radius 2 is 1.82 bits per heavy atom. The lowest BCUT2D eigenvalue weighted by atomic mass is 9.82. The van der Waals surface area contributed by atoms with Crippen LogP contribution in [0.5, 0.6) is 0 Å². The van der Waals surface area contributed by atoms with Crippen LogP contribution in [0.4, 0.5) is 0 Å². The van der Waals surface area contributed by atoms with Gasteiger partial charge in [0.15, 0.2) is 5.43 Å². The molecule has 0 spiro atoms. The lowest BCUT2D eigenvalue weighted by molar-refractivity contribution is -0.260. The Labute approximate surface area is 129 Å². The summed E-state index contributed by atoms with van der Waals surface area (Å²) in [6.07, 6.45) is 2.44. The quantitative estimate of drug-likeness (QED) is 0.805. The van der Waals surface area contributed by atoms with Gasteiger partial charge < -0.3 is 4.42 Å². The smallest absolute Gasteiger partial charge is 0.193 e. The lowest BCUT2D eigenvalue weighted by Gasteiger charge is -2.45. The largest absolute Gasteiger partial charge is 0.456 e. The van der Waals surface area contributed by atoms with E-state index in [2.05, 4.69) is 0 Å². The third-order valence-corrected chi connectivity index (χ3v) is 4.17. The highest BCUT2D eigenvalue weighted by atomic mass is 16.5. The van der Waals surface area contributed by atoms with E-state index in [1.807, 2.05) is 45.9 Å². The number of hydroxylamine groups is 2. The van der Waals surface area contributed by atoms with E-state index in [0.29, 0.717) is 23.2 Å². The molecule has 115 valence electrons. The van der Waals surface area contributed by atoms with Crippen LogP contribution in [0.2, 0.25) is 0 Å². The first kappa shape index (κ1) is 15.0. The number of fused-ring (bicyclic) bond motifs is 1. The van der Waals surface area contributed by atoms with Gasteiger partial charge in [0, 0.05) is 11.6 Å². The van der Waals surface area contributed by atoms with Crippen molar-refractivity contribution >= 4 is 16.5 Å². The van der Waals surface area contributed by atoms with Gasteiger partial charge in [-0.2, -0.15) is 0 Å². The highest BCUT2D eigenvalue weighted by Gasteiger charge is 2.42. The van der Waals surface area contributed by atoms with Crippen molar-refractivity contribution in [3.63, 3.8) is 0 Å². The molecular weight excluding hydrogens is 278 g/mol. The zero-order chi connectivity index (χ0) is 16.1. The molecule has 0 bridgehead atoms. The second-order valence-electron chi connectivity index (χ2n) is 7.08. The van der Waals surface area contributed by atoms with Gasteiger partial charge in [0.05, 0.1) is 10.9 Å². The SMILES string of the molecule is CC1(C)C=C(c2cc(=O)c3ccccc3o2)CC(C)(C)N1[O]. The molecule has 0 N–H and O–H groups in total. The summed E-state index contributed by atoms with van der Waals surface area (Å²) in [5.41, 5.74) is 0.243. The first-order chi connectivity index (χ1) is 10.2. The first-order valence-corrected chi connectivity index (χ1v) is 7.43. The summed E-state index contributed by atoms with van der Waals surface area (Å²) in [6, 6.07) is 8.74. The molecule has 0 amide bonds. The summed E-state index contributed by atoms with van der Waals surface area (Å²) >= 11 is 0. The molecule has 1 radical (unpaired) electrons. The Balaban J connectivity index is 2.17. The highest BCUT2D eigenvalue weighted by molar-refractivity contribution is 5.78. The van der Waals surface area contributed by atoms with Crippen molar-refractivity contribution in [3.05, 3.63) is 52.4 Å². The van der Waals surface area contributed by atoms with Crippen molar-refractivity contribution in [2.45, 2.75) is 45.2 Å². The van der Waals surface area contributed by atoms with Gasteiger partial charge in [-0.25, -0.2) is 0 Å². The summed E-state index contributed by atoms with van der Waals surface area (Å²) < 4.78 is 5.92. The maximum Gasteiger partial charge on any atom is 0.193 e. The van der Waals surface area contributed by atoms with Crippen molar-refractivity contribution in [3.8, 4) is 0 Å². The van der Waals surface area contributed by atoms with Crippen LogP contribution in [-0.2, 0) is 5.21 Å². The third kappa shape index (κ3) is 2.38. The van der Waals surface area contributed by atoms with E-state index >= 15 is 0 Å². The van der Waals surface area contributed by atoms with Crippen LogP contribution >= 0.6 is 0 Å². The molecule has 1 aliphatic rings. The molecule has 0 saturated heterocycles. The van der Waals surface area contributed by atoms with Gasteiger partial charge in [0.2, 0.25) is 0 Å². The van der Waals surface area contributed by atoms with Crippen LogP contribution in [0.3, 0.4) is 0 Å². The maximum absolute atomic E-state index is 12.4. The Kier molecular flexibility index (Phi) is 3.27. The molecule has 0 atom stereocenters. The number of para-hydroxylation sites is 1. The van der Waals surface area contributed by atoms with Gasteiger partial charge in [-0.1, -0.05) is 18.2 Å². The molecule has 4 nitrogen and oxygen atoms in total. The molecule has 2 aromatic rings. The summed E-state index contributed by atoms with van der Waals surface area (Å²) in [5, 5.41) is 14.1. The molecule has 1 aliphatic heterocycles. The van der Waals surface area contributed by atoms with Gasteiger partial charge in [-0.15, -0.1) is 10.3 Å². The normalized spacial score (nSPS) is 20.9. The minimum absolute atomic E-state index is 0.0575. The third-order valence-electron chi connectivity index (χ3n) is 4.17. The summed E-state index contributed by atoms with van der Waals surface area (Å²) in [7, 11) is 0. The van der Waals surface area contributed by atoms with Crippen molar-refractivity contribution in [2.75, 3.05) is 0 Å². The number of hydrogen-bond acceptors (Lipinski definition) is 3. The monoisotopic (exact) mass is 298 g/mol. The molecular formula is C18H20NO3. The summed E-state index contributed by atoms with van der Waals surface area (Å²) in [5.74, 6) is 0.554. The maximum atomic E-state index is 12.4. The van der Waals surface area contributed by atoms with E-state index in [0.717, 1.165) is 10.6 Å². The fraction of sp³-hybridized carbons (Fsp3) is 0.389. The van der Waals surface area contributed by atoms with Crippen molar-refractivity contribution in [1.82, 2.24) is 5.06 Å². The molecule has 22 heavy (non-hydrogen) atoms. The van der Waals surface area contributed by atoms with Crippen LogP contribution in [0, 0.1) is 0 Å². The van der Waals surface area contributed by atoms with Crippen molar-refractivity contribution in [1.29, 1.82) is 0 Å². The zero-order valence-corrected chi connectivity index (χ0v) is 13.3. The molecule has 0 saturated carbocycles. The minimum Gasteiger partial charge on any atom is -0.456 e. The second-order valence-corrected chi connectivity index (χ2v) is 7.08. The van der Waals surface area contributed by atoms with Crippen LogP contribution < -0.4 is 5.43 Å². The number of benzene rings is 1. The molecule has 0 aliphatic carbocycles. The Hall–Kier alpha value is -1.91. The molecule has 2 heterocycles. The number of nitrogens with zero attached hydrogens (tertiary/aromatic N) is 1. The molecule has 1 aromatic heterocycles. The van der Waals surface area contributed by atoms with Crippen molar-refractivity contribution in [2.24, 2.45) is 0 Å². The van der Waals surface area contributed by atoms with Crippen molar-refractivity contribution < 1.29 is 9.62 Å². The van der Waals surface area contributed by atoms with Crippen LogP contribution in [0.1, 0.15) is 39.9 Å². The standard InChI is InChI=1S/C18H20NO3/c1-17(2)10-12(11-18(3,4)19(17)21)16-9-14(20)13-7-5-6-8-15(13)22-16/h5-10H,11H2,1-4H3. The fourth-order valence-electron chi connectivity index (χ4n) is 3.27. The molecule has 0 fully saturated rings. The topological polar surface area (TPSA) is 53.4 Å². The lowest BCUT2D eigenvalue weighted by Crippen LogP contribution is -2.54.